The molecule has 0 saturated heterocycles. The van der Waals surface area contributed by atoms with Crippen molar-refractivity contribution in [2.45, 2.75) is 5.22 Å². The first-order valence-electron chi connectivity index (χ1n) is 8.57. The van der Waals surface area contributed by atoms with E-state index in [4.69, 9.17) is 18.6 Å². The van der Waals surface area contributed by atoms with E-state index in [0.717, 1.165) is 16.2 Å². The maximum atomic E-state index is 11.8. The quantitative estimate of drug-likeness (QED) is 0.277. The smallest absolute Gasteiger partial charge is 0.342 e. The first-order valence-corrected chi connectivity index (χ1v) is 11.0. The van der Waals surface area contributed by atoms with Crippen molar-refractivity contribution < 1.29 is 28.5 Å². The van der Waals surface area contributed by atoms with Crippen LogP contribution in [0.2, 0.25) is 0 Å². The van der Waals surface area contributed by atoms with Crippen LogP contribution in [0, 0.1) is 0 Å². The fourth-order valence-corrected chi connectivity index (χ4v) is 4.66. The van der Waals surface area contributed by atoms with Crippen LogP contribution in [0.15, 0.2) is 53.8 Å². The van der Waals surface area contributed by atoms with Gasteiger partial charge in [0.05, 0.1) is 25.8 Å². The summed E-state index contributed by atoms with van der Waals surface area (Å²) in [4.78, 5) is 11.8. The van der Waals surface area contributed by atoms with Crippen LogP contribution in [-0.2, 0) is 4.79 Å². The molecule has 8 nitrogen and oxygen atoms in total. The Bertz CT molecular complexity index is 1130. The zero-order valence-electron chi connectivity index (χ0n) is 16.5. The molecule has 3 rings (SSSR count). The molecule has 0 bridgehead atoms. The zero-order chi connectivity index (χ0) is 22.5. The number of hydrogen-bond donors (Lipinski definition) is 1. The van der Waals surface area contributed by atoms with Crippen molar-refractivity contribution in [2.75, 3.05) is 21.3 Å². The van der Waals surface area contributed by atoms with Gasteiger partial charge < -0.3 is 23.7 Å². The Balaban J connectivity index is 1.94. The van der Waals surface area contributed by atoms with Gasteiger partial charge in [0.2, 0.25) is 5.89 Å². The highest BCUT2D eigenvalue weighted by Gasteiger charge is 2.18. The second-order valence-corrected chi connectivity index (χ2v) is 8.66. The van der Waals surface area contributed by atoms with Crippen molar-refractivity contribution in [1.82, 2.24) is 10.2 Å². The highest BCUT2D eigenvalue weighted by atomic mass is 79.9. The Morgan fingerprint density at radius 1 is 1.03 bits per heavy atom. The first-order chi connectivity index (χ1) is 14.8. The molecule has 3 aromatic rings. The Labute approximate surface area is 198 Å². The van der Waals surface area contributed by atoms with Crippen molar-refractivity contribution in [3.63, 3.8) is 0 Å². The minimum absolute atomic E-state index is 0.0262. The van der Waals surface area contributed by atoms with Crippen LogP contribution in [-0.4, -0.2) is 42.6 Å². The predicted molar refractivity (Wildman–Crippen MR) is 123 cm³/mol. The number of hydrogen-bond acceptors (Lipinski definition) is 8. The van der Waals surface area contributed by atoms with Crippen LogP contribution in [0.25, 0.3) is 17.5 Å². The molecule has 2 aromatic carbocycles. The second-order valence-electron chi connectivity index (χ2n) is 5.90. The van der Waals surface area contributed by atoms with Crippen molar-refractivity contribution in [2.24, 2.45) is 0 Å². The lowest BCUT2D eigenvalue weighted by atomic mass is 10.2. The topological polar surface area (TPSA) is 104 Å². The van der Waals surface area contributed by atoms with Gasteiger partial charge in [-0.25, -0.2) is 4.79 Å². The van der Waals surface area contributed by atoms with E-state index in [0.29, 0.717) is 32.8 Å². The van der Waals surface area contributed by atoms with E-state index in [2.05, 4.69) is 42.1 Å². The minimum Gasteiger partial charge on any atom is -0.497 e. The maximum Gasteiger partial charge on any atom is 0.342 e. The number of benzene rings is 2. The van der Waals surface area contributed by atoms with Crippen LogP contribution < -0.4 is 14.2 Å². The molecule has 11 heteroatoms. The Kier molecular flexibility index (Phi) is 7.63. The minimum atomic E-state index is -1.15. The number of halogens is 2. The zero-order valence-corrected chi connectivity index (χ0v) is 20.5. The van der Waals surface area contributed by atoms with E-state index in [1.165, 1.54) is 27.4 Å². The third-order valence-electron chi connectivity index (χ3n) is 3.94. The number of aliphatic carboxylic acids is 1. The van der Waals surface area contributed by atoms with E-state index in [1.807, 2.05) is 0 Å². The highest BCUT2D eigenvalue weighted by molar-refractivity contribution is 9.11. The number of rotatable bonds is 8. The van der Waals surface area contributed by atoms with Crippen molar-refractivity contribution in [3.05, 3.63) is 49.7 Å². The summed E-state index contributed by atoms with van der Waals surface area (Å²) in [7, 11) is 4.57. The summed E-state index contributed by atoms with van der Waals surface area (Å²) in [6.45, 7) is 0. The number of carboxylic acids is 1. The lowest BCUT2D eigenvalue weighted by molar-refractivity contribution is -0.131. The summed E-state index contributed by atoms with van der Waals surface area (Å²) in [6.07, 6.45) is 1.47. The molecule has 1 N–H and O–H groups in total. The van der Waals surface area contributed by atoms with Gasteiger partial charge in [0.15, 0.2) is 0 Å². The van der Waals surface area contributed by atoms with Gasteiger partial charge in [-0.15, -0.1) is 10.2 Å². The van der Waals surface area contributed by atoms with Gasteiger partial charge in [-0.3, -0.25) is 0 Å². The number of carbonyl (C=O) groups is 1. The van der Waals surface area contributed by atoms with Crippen LogP contribution in [0.4, 0.5) is 0 Å². The molecule has 0 radical (unpaired) electrons. The highest BCUT2D eigenvalue weighted by Crippen LogP contribution is 2.37. The first kappa shape index (κ1) is 23.2. The van der Waals surface area contributed by atoms with Gasteiger partial charge in [0, 0.05) is 21.7 Å². The number of nitrogens with zero attached hydrogens (tertiary/aromatic N) is 2. The van der Waals surface area contributed by atoms with Gasteiger partial charge in [-0.2, -0.15) is 0 Å². The Hall–Kier alpha value is -2.50. The number of ether oxygens (including phenoxy) is 3. The van der Waals surface area contributed by atoms with Crippen molar-refractivity contribution >= 4 is 55.7 Å². The number of thioether (sulfide) groups is 1. The normalized spacial score (nSPS) is 11.3. The molecule has 1 heterocycles. The third-order valence-corrected chi connectivity index (χ3v) is 5.84. The second kappa shape index (κ2) is 10.2. The van der Waals surface area contributed by atoms with E-state index < -0.39 is 5.97 Å². The third kappa shape index (κ3) is 5.60. The van der Waals surface area contributed by atoms with Gasteiger partial charge >= 0.3 is 5.97 Å². The van der Waals surface area contributed by atoms with Crippen molar-refractivity contribution in [3.8, 4) is 28.7 Å². The van der Waals surface area contributed by atoms with E-state index in [9.17, 15) is 9.90 Å². The molecule has 0 aliphatic carbocycles. The van der Waals surface area contributed by atoms with Gasteiger partial charge in [0.25, 0.3) is 5.22 Å². The number of carboxylic acid groups (broad SMARTS) is 1. The number of methoxy groups -OCH3 is 3. The number of aromatic nitrogens is 2. The molecule has 0 aliphatic rings. The van der Waals surface area contributed by atoms with Gasteiger partial charge in [0.1, 0.15) is 22.2 Å². The van der Waals surface area contributed by atoms with Crippen LogP contribution in [0.3, 0.4) is 0 Å². The van der Waals surface area contributed by atoms with Gasteiger partial charge in [-0.05, 0) is 58.0 Å². The summed E-state index contributed by atoms with van der Waals surface area (Å²) in [5.74, 6) is 0.663. The standard InChI is InChI=1S/C20H16Br2N2O6S/c1-27-13-5-11(6-14(9-13)28-2)18-23-24-20(30-18)31-16(19(25)26)7-10-4-12(21)8-15(22)17(10)29-3/h4-9H,1-3H3,(H,25,26)/b16-7-. The van der Waals surface area contributed by atoms with Crippen molar-refractivity contribution in [1.29, 1.82) is 0 Å². The summed E-state index contributed by atoms with van der Waals surface area (Å²) >= 11 is 7.63. The largest absolute Gasteiger partial charge is 0.497 e. The SMILES string of the molecule is COc1cc(OC)cc(-c2nnc(S/C(=C\c3cc(Br)cc(Br)c3OC)C(=O)O)o2)c1. The molecule has 0 unspecified atom stereocenters. The molecule has 162 valence electrons. The summed E-state index contributed by atoms with van der Waals surface area (Å²) in [5, 5.41) is 17.7. The summed E-state index contributed by atoms with van der Waals surface area (Å²) in [5.41, 5.74) is 1.14. The lowest BCUT2D eigenvalue weighted by Gasteiger charge is -2.09. The molecule has 0 spiro atoms. The molecular formula is C20H16Br2N2O6S. The fraction of sp³-hybridized carbons (Fsp3) is 0.150. The maximum absolute atomic E-state index is 11.8. The van der Waals surface area contributed by atoms with Crippen LogP contribution in [0.5, 0.6) is 17.2 Å². The molecule has 31 heavy (non-hydrogen) atoms. The lowest BCUT2D eigenvalue weighted by Crippen LogP contribution is -1.98. The average Bonchev–Trinajstić information content (AvgIpc) is 3.21. The summed E-state index contributed by atoms with van der Waals surface area (Å²) in [6, 6.07) is 8.68. The van der Waals surface area contributed by atoms with E-state index in [-0.39, 0.29) is 16.0 Å². The van der Waals surface area contributed by atoms with Crippen LogP contribution >= 0.6 is 43.6 Å². The molecule has 0 amide bonds. The van der Waals surface area contributed by atoms with Crippen LogP contribution in [0.1, 0.15) is 5.56 Å². The van der Waals surface area contributed by atoms with Gasteiger partial charge in [-0.1, -0.05) is 15.9 Å². The predicted octanol–water partition coefficient (Wildman–Crippen LogP) is 5.51. The monoisotopic (exact) mass is 570 g/mol. The Morgan fingerprint density at radius 3 is 2.29 bits per heavy atom. The Morgan fingerprint density at radius 2 is 1.71 bits per heavy atom. The molecule has 1 aromatic heterocycles. The molecule has 0 saturated carbocycles. The molecule has 0 aliphatic heterocycles. The summed E-state index contributed by atoms with van der Waals surface area (Å²) < 4.78 is 23.0. The molecule has 0 atom stereocenters. The van der Waals surface area contributed by atoms with E-state index in [1.54, 1.807) is 30.3 Å². The molecular weight excluding hydrogens is 556 g/mol. The molecule has 0 fully saturated rings. The fourth-order valence-electron chi connectivity index (χ4n) is 2.57. The average molecular weight is 572 g/mol. The van der Waals surface area contributed by atoms with E-state index >= 15 is 0 Å².